The minimum absolute atomic E-state index is 0.198. The van der Waals surface area contributed by atoms with E-state index in [1.807, 2.05) is 0 Å². The lowest BCUT2D eigenvalue weighted by molar-refractivity contribution is -0.874. The number of nitrogens with zero attached hydrogens (tertiary/aromatic N) is 1. The zero-order valence-electron chi connectivity index (χ0n) is 23.7. The van der Waals surface area contributed by atoms with E-state index in [4.69, 9.17) is 0 Å². The van der Waals surface area contributed by atoms with Crippen LogP contribution in [0.25, 0.3) is 0 Å². The van der Waals surface area contributed by atoms with Crippen LogP contribution in [-0.4, -0.2) is 32.2 Å². The van der Waals surface area contributed by atoms with Crippen LogP contribution in [0.2, 0.25) is 0 Å². The molecule has 0 saturated carbocycles. The van der Waals surface area contributed by atoms with Gasteiger partial charge in [-0.05, 0) is 53.7 Å². The molecule has 0 bridgehead atoms. The fraction of sp³-hybridized carbons (Fsp3) is 0.636. The van der Waals surface area contributed by atoms with Gasteiger partial charge in [0.2, 0.25) is 0 Å². The molecule has 3 unspecified atom stereocenters. The maximum Gasteiger partial charge on any atom is 0.0873 e. The van der Waals surface area contributed by atoms with E-state index >= 15 is 0 Å². The molecule has 0 fully saturated rings. The average Bonchev–Trinajstić information content (AvgIpc) is 2.79. The number of benzene rings is 2. The Labute approximate surface area is 212 Å². The Hall–Kier alpha value is -1.60. The number of unbranched alkanes of at least 4 members (excludes halogenated alkanes) is 2. The Morgan fingerprint density at radius 3 is 1.91 bits per heavy atom. The number of hydrogen-bond donors (Lipinski definition) is 0. The third-order valence-corrected chi connectivity index (χ3v) is 7.82. The summed E-state index contributed by atoms with van der Waals surface area (Å²) in [5, 5.41) is 0. The summed E-state index contributed by atoms with van der Waals surface area (Å²) in [5.41, 5.74) is 4.70. The van der Waals surface area contributed by atoms with Crippen LogP contribution in [-0.2, 0) is 5.41 Å². The van der Waals surface area contributed by atoms with Gasteiger partial charge < -0.3 is 4.48 Å². The third-order valence-electron chi connectivity index (χ3n) is 7.82. The van der Waals surface area contributed by atoms with Crippen molar-refractivity contribution in [3.63, 3.8) is 0 Å². The molecule has 0 aliphatic carbocycles. The molecule has 1 heteroatoms. The summed E-state index contributed by atoms with van der Waals surface area (Å²) in [6, 6.07) is 20.7. The predicted octanol–water partition coefficient (Wildman–Crippen LogP) is 9.33. The van der Waals surface area contributed by atoms with E-state index in [1.54, 1.807) is 0 Å². The first-order valence-corrected chi connectivity index (χ1v) is 14.0. The number of hydrogen-bond acceptors (Lipinski definition) is 0. The second-order valence-corrected chi connectivity index (χ2v) is 12.5. The summed E-state index contributed by atoms with van der Waals surface area (Å²) >= 11 is 0. The van der Waals surface area contributed by atoms with Gasteiger partial charge in [0.25, 0.3) is 0 Å². The molecule has 1 nitrogen and oxygen atoms in total. The van der Waals surface area contributed by atoms with Crippen LogP contribution in [0.5, 0.6) is 0 Å². The molecule has 0 radical (unpaired) electrons. The molecule has 2 aromatic carbocycles. The molecular weight excluding hydrogens is 410 g/mol. The van der Waals surface area contributed by atoms with E-state index < -0.39 is 0 Å². The van der Waals surface area contributed by atoms with E-state index in [0.717, 1.165) is 22.9 Å². The monoisotopic (exact) mass is 464 g/mol. The van der Waals surface area contributed by atoms with E-state index in [-0.39, 0.29) is 5.41 Å². The summed E-state index contributed by atoms with van der Waals surface area (Å²) < 4.78 is 0.995. The molecule has 0 amide bonds. The van der Waals surface area contributed by atoms with Crippen molar-refractivity contribution in [2.75, 3.05) is 27.7 Å². The van der Waals surface area contributed by atoms with Crippen molar-refractivity contribution >= 4 is 0 Å². The zero-order chi connectivity index (χ0) is 25.2. The lowest BCUT2D eigenvalue weighted by Crippen LogP contribution is -2.44. The van der Waals surface area contributed by atoms with Crippen molar-refractivity contribution < 1.29 is 4.48 Å². The van der Waals surface area contributed by atoms with Gasteiger partial charge in [-0.2, -0.15) is 0 Å². The smallest absolute Gasteiger partial charge is 0.0873 e. The quantitative estimate of drug-likeness (QED) is 0.182. The maximum atomic E-state index is 2.43. The van der Waals surface area contributed by atoms with E-state index in [2.05, 4.69) is 110 Å². The summed E-state index contributed by atoms with van der Waals surface area (Å²) in [6.45, 7) is 13.1. The lowest BCUT2D eigenvalue weighted by Gasteiger charge is -2.34. The molecule has 0 heterocycles. The summed E-state index contributed by atoms with van der Waals surface area (Å²) in [5.74, 6) is 2.22. The number of rotatable bonds is 15. The highest BCUT2D eigenvalue weighted by molar-refractivity contribution is 5.30. The fourth-order valence-corrected chi connectivity index (χ4v) is 6.00. The molecule has 3 atom stereocenters. The first-order chi connectivity index (χ1) is 16.1. The molecule has 0 N–H and O–H groups in total. The van der Waals surface area contributed by atoms with Crippen molar-refractivity contribution in [1.29, 1.82) is 0 Å². The van der Waals surface area contributed by atoms with Crippen molar-refractivity contribution in [1.82, 2.24) is 0 Å². The minimum atomic E-state index is 0.198. The largest absolute Gasteiger partial charge is 0.330 e. The van der Waals surface area contributed by atoms with Gasteiger partial charge in [0.05, 0.1) is 27.7 Å². The fourth-order valence-electron chi connectivity index (χ4n) is 6.00. The van der Waals surface area contributed by atoms with Crippen LogP contribution in [0.4, 0.5) is 0 Å². The van der Waals surface area contributed by atoms with Crippen LogP contribution in [0.15, 0.2) is 54.6 Å². The Balaban J connectivity index is 1.79. The molecule has 34 heavy (non-hydrogen) atoms. The molecular formula is C33H54N+. The van der Waals surface area contributed by atoms with Crippen LogP contribution in [0.1, 0.15) is 115 Å². The van der Waals surface area contributed by atoms with Crippen molar-refractivity contribution in [3.8, 4) is 0 Å². The van der Waals surface area contributed by atoms with Gasteiger partial charge in [0, 0.05) is 5.41 Å². The van der Waals surface area contributed by atoms with Gasteiger partial charge in [-0.1, -0.05) is 121 Å². The van der Waals surface area contributed by atoms with Gasteiger partial charge in [0.1, 0.15) is 0 Å². The Morgan fingerprint density at radius 2 is 1.35 bits per heavy atom. The third kappa shape index (κ3) is 9.57. The summed E-state index contributed by atoms with van der Waals surface area (Å²) in [4.78, 5) is 0. The van der Waals surface area contributed by atoms with Crippen LogP contribution in [0, 0.1) is 5.92 Å². The average molecular weight is 465 g/mol. The topological polar surface area (TPSA) is 0 Å². The first-order valence-electron chi connectivity index (χ1n) is 14.0. The Kier molecular flexibility index (Phi) is 11.4. The highest BCUT2D eigenvalue weighted by atomic mass is 15.3. The number of likely N-dealkylation sites (N-methyl/N-ethyl adjacent to an activating group) is 1. The van der Waals surface area contributed by atoms with Gasteiger partial charge in [0.15, 0.2) is 0 Å². The molecule has 2 aromatic rings. The predicted molar refractivity (Wildman–Crippen MR) is 152 cm³/mol. The second-order valence-electron chi connectivity index (χ2n) is 12.5. The van der Waals surface area contributed by atoms with Crippen LogP contribution < -0.4 is 0 Å². The number of quaternary nitrogens is 1. The zero-order valence-corrected chi connectivity index (χ0v) is 23.7. The molecule has 190 valence electrons. The van der Waals surface area contributed by atoms with Crippen molar-refractivity contribution in [2.45, 2.75) is 103 Å². The molecule has 0 aliphatic heterocycles. The molecule has 0 aromatic heterocycles. The standard InChI is InChI=1S/C33H54N/c1-9-28(17-13-11-14-18-29(10-2)31-19-15-12-16-20-31)25-27(3)30-21-23-32(24-22-30)33(4,5)26-34(6,7)8/h12,15-16,19-24,27-29H,9-11,13-14,17-18,25-26H2,1-8H3/q+1. The highest BCUT2D eigenvalue weighted by Gasteiger charge is 2.28. The van der Waals surface area contributed by atoms with Gasteiger partial charge in [-0.15, -0.1) is 0 Å². The normalized spacial score (nSPS) is 15.2. The second kappa shape index (κ2) is 13.5. The molecule has 0 spiro atoms. The van der Waals surface area contributed by atoms with Crippen LogP contribution in [0.3, 0.4) is 0 Å². The summed E-state index contributed by atoms with van der Waals surface area (Å²) in [7, 11) is 6.86. The lowest BCUT2D eigenvalue weighted by atomic mass is 9.81. The van der Waals surface area contributed by atoms with E-state index in [1.165, 1.54) is 68.1 Å². The Morgan fingerprint density at radius 1 is 0.735 bits per heavy atom. The van der Waals surface area contributed by atoms with E-state index in [9.17, 15) is 0 Å². The first kappa shape index (κ1) is 28.6. The molecule has 2 rings (SSSR count). The molecule has 0 saturated heterocycles. The van der Waals surface area contributed by atoms with Gasteiger partial charge in [-0.25, -0.2) is 0 Å². The highest BCUT2D eigenvalue weighted by Crippen LogP contribution is 2.32. The van der Waals surface area contributed by atoms with Crippen molar-refractivity contribution in [2.24, 2.45) is 5.92 Å². The van der Waals surface area contributed by atoms with Gasteiger partial charge in [-0.3, -0.25) is 0 Å². The molecule has 0 aliphatic rings. The van der Waals surface area contributed by atoms with E-state index in [0.29, 0.717) is 5.92 Å². The van der Waals surface area contributed by atoms with Gasteiger partial charge >= 0.3 is 0 Å². The minimum Gasteiger partial charge on any atom is -0.330 e. The summed E-state index contributed by atoms with van der Waals surface area (Å²) in [6.07, 6.45) is 10.7. The van der Waals surface area contributed by atoms with Crippen molar-refractivity contribution in [3.05, 3.63) is 71.3 Å². The SMILES string of the molecule is CCC(CCCCCC(CC)c1ccccc1)CC(C)c1ccc(C(C)(C)C[N+](C)(C)C)cc1. The van der Waals surface area contributed by atoms with Crippen LogP contribution >= 0.6 is 0 Å². The Bertz CT molecular complexity index is 797. The maximum absolute atomic E-state index is 2.43.